The fourth-order valence-corrected chi connectivity index (χ4v) is 10.7. The lowest BCUT2D eigenvalue weighted by molar-refractivity contribution is -0.800. The van der Waals surface area contributed by atoms with Crippen molar-refractivity contribution in [3.63, 3.8) is 0 Å². The summed E-state index contributed by atoms with van der Waals surface area (Å²) in [6.07, 6.45) is 2.49. The van der Waals surface area contributed by atoms with E-state index in [0.29, 0.717) is 0 Å². The normalized spacial score (nSPS) is 15.3. The molecule has 0 aliphatic carbocycles. The van der Waals surface area contributed by atoms with Crippen LogP contribution in [-0.2, 0) is 0 Å². The second-order valence-electron chi connectivity index (χ2n) is 16.5. The van der Waals surface area contributed by atoms with E-state index in [1.807, 2.05) is 0 Å². The zero-order valence-electron chi connectivity index (χ0n) is 33.4. The molecule has 1 aliphatic rings. The Kier molecular flexibility index (Phi) is 7.48. The average molecular weight is 776 g/mol. The van der Waals surface area contributed by atoms with Crippen molar-refractivity contribution in [3.05, 3.63) is 236 Å². The average Bonchev–Trinajstić information content (AvgIpc) is 3.67. The Bertz CT molecular complexity index is 3750. The first-order valence-corrected chi connectivity index (χ1v) is 21.3. The van der Waals surface area contributed by atoms with E-state index in [9.17, 15) is 0 Å². The van der Waals surface area contributed by atoms with Crippen LogP contribution in [0.25, 0.3) is 98.2 Å². The highest BCUT2D eigenvalue weighted by molar-refractivity contribution is 6.38. The van der Waals surface area contributed by atoms with Gasteiger partial charge in [-0.2, -0.15) is 0 Å². The molecule has 0 saturated heterocycles. The van der Waals surface area contributed by atoms with E-state index in [0.717, 1.165) is 0 Å². The highest BCUT2D eigenvalue weighted by Gasteiger charge is 2.40. The quantitative estimate of drug-likeness (QED) is 0.167. The maximum Gasteiger partial charge on any atom is 0.148 e. The summed E-state index contributed by atoms with van der Waals surface area (Å²) in [6, 6.07) is 80.9. The molecule has 0 spiro atoms. The van der Waals surface area contributed by atoms with E-state index in [1.54, 1.807) is 0 Å². The number of hydrogen-bond acceptors (Lipinski definition) is 0. The van der Waals surface area contributed by atoms with Gasteiger partial charge in [-0.15, -0.1) is 0 Å². The number of fused-ring (bicyclic) bond motifs is 12. The zero-order valence-corrected chi connectivity index (χ0v) is 33.4. The lowest BCUT2D eigenvalue weighted by Crippen LogP contribution is -3.08. The van der Waals surface area contributed by atoms with E-state index in [2.05, 4.69) is 229 Å². The van der Waals surface area contributed by atoms with Gasteiger partial charge in [-0.3, -0.25) is 4.90 Å². The summed E-state index contributed by atoms with van der Waals surface area (Å²) in [4.78, 5) is 1.38. The van der Waals surface area contributed by atoms with E-state index in [4.69, 9.17) is 0 Å². The first-order valence-electron chi connectivity index (χ1n) is 21.3. The molecule has 11 aromatic carbocycles. The number of nitrogens with zero attached hydrogens (tertiary/aromatic N) is 1. The van der Waals surface area contributed by atoms with Crippen molar-refractivity contribution in [2.45, 2.75) is 6.04 Å². The molecular weight excluding hydrogens is 737 g/mol. The minimum absolute atomic E-state index is 0.180. The Balaban J connectivity index is 1.02. The SMILES string of the molecule is C1=C(c2cccc3ccccc23)[NH+](c2ccc(-c3cc4c5ccccc5c5c(c6ccccc6n5-c5ccccc5)c4c4ccccc34)cc2)C1c1cccc2ccccc12. The van der Waals surface area contributed by atoms with Gasteiger partial charge in [0.2, 0.25) is 0 Å². The number of hydrogen-bond donors (Lipinski definition) is 1. The molecule has 13 rings (SSSR count). The molecule has 0 fully saturated rings. The molecule has 2 nitrogen and oxygen atoms in total. The van der Waals surface area contributed by atoms with E-state index in [-0.39, 0.29) is 6.04 Å². The standard InChI is InChI=1S/C59H38N2/c1-2-20-41(21-3-1)61-54-31-13-12-28-51(54)58-57-49-26-10-8-24-45(49)52(36-53(57)46-25-9-11-27-50(46)59(58)61)40-32-34-42(35-33-40)60-55(47-29-14-18-38-16-4-6-22-43(38)47)37-56(60)48-30-15-19-39-17-5-7-23-44(39)48/h1-37,55H/p+1. The van der Waals surface area contributed by atoms with Gasteiger partial charge in [-0.1, -0.05) is 164 Å². The fourth-order valence-electron chi connectivity index (χ4n) is 10.7. The van der Waals surface area contributed by atoms with Crippen molar-refractivity contribution in [1.82, 2.24) is 4.57 Å². The van der Waals surface area contributed by atoms with Crippen molar-refractivity contribution in [1.29, 1.82) is 0 Å². The van der Waals surface area contributed by atoms with Gasteiger partial charge in [-0.05, 0) is 96.7 Å². The molecule has 1 aromatic heterocycles. The Morgan fingerprint density at radius 3 is 1.75 bits per heavy atom. The second-order valence-corrected chi connectivity index (χ2v) is 16.5. The predicted molar refractivity (Wildman–Crippen MR) is 258 cm³/mol. The van der Waals surface area contributed by atoms with Crippen molar-refractivity contribution in [2.24, 2.45) is 0 Å². The molecule has 0 radical (unpaired) electrons. The van der Waals surface area contributed by atoms with E-state index >= 15 is 0 Å². The smallest absolute Gasteiger partial charge is 0.148 e. The van der Waals surface area contributed by atoms with E-state index in [1.165, 1.54) is 120 Å². The van der Waals surface area contributed by atoms with Crippen molar-refractivity contribution < 1.29 is 4.90 Å². The minimum atomic E-state index is 0.180. The van der Waals surface area contributed by atoms with Crippen molar-refractivity contribution in [3.8, 4) is 16.8 Å². The van der Waals surface area contributed by atoms with Crippen LogP contribution >= 0.6 is 0 Å². The third-order valence-corrected chi connectivity index (χ3v) is 13.3. The number of aromatic nitrogens is 1. The van der Waals surface area contributed by atoms with Crippen LogP contribution in [0, 0.1) is 0 Å². The van der Waals surface area contributed by atoms with Crippen LogP contribution in [0.4, 0.5) is 5.69 Å². The van der Waals surface area contributed by atoms with Gasteiger partial charge in [0.1, 0.15) is 17.4 Å². The predicted octanol–water partition coefficient (Wildman–Crippen LogP) is 14.5. The van der Waals surface area contributed by atoms with Crippen molar-refractivity contribution in [2.75, 3.05) is 0 Å². The van der Waals surface area contributed by atoms with Gasteiger partial charge in [-0.25, -0.2) is 0 Å². The molecule has 2 atom stereocenters. The summed E-state index contributed by atoms with van der Waals surface area (Å²) >= 11 is 0. The largest absolute Gasteiger partial charge is 0.309 e. The Labute approximate surface area is 353 Å². The molecule has 1 N–H and O–H groups in total. The minimum Gasteiger partial charge on any atom is -0.309 e. The number of nitrogens with one attached hydrogen (secondary N) is 1. The number of para-hydroxylation sites is 2. The molecule has 12 aromatic rings. The molecule has 2 unspecified atom stereocenters. The summed E-state index contributed by atoms with van der Waals surface area (Å²) in [5.41, 5.74) is 11.3. The molecule has 1 aliphatic heterocycles. The molecule has 284 valence electrons. The monoisotopic (exact) mass is 775 g/mol. The maximum absolute atomic E-state index is 2.49. The Morgan fingerprint density at radius 1 is 0.377 bits per heavy atom. The van der Waals surface area contributed by atoms with Crippen LogP contribution in [0.2, 0.25) is 0 Å². The number of benzene rings is 11. The van der Waals surface area contributed by atoms with Crippen LogP contribution in [0.5, 0.6) is 0 Å². The van der Waals surface area contributed by atoms with Crippen LogP contribution < -0.4 is 4.90 Å². The molecule has 0 amide bonds. The van der Waals surface area contributed by atoms with Gasteiger partial charge < -0.3 is 4.57 Å². The van der Waals surface area contributed by atoms with Crippen LogP contribution in [-0.4, -0.2) is 4.57 Å². The van der Waals surface area contributed by atoms with Crippen LogP contribution in [0.3, 0.4) is 0 Å². The Morgan fingerprint density at radius 2 is 0.967 bits per heavy atom. The first-order chi connectivity index (χ1) is 30.3. The lowest BCUT2D eigenvalue weighted by Gasteiger charge is -2.37. The van der Waals surface area contributed by atoms with Crippen molar-refractivity contribution >= 4 is 87.1 Å². The molecule has 61 heavy (non-hydrogen) atoms. The summed E-state index contributed by atoms with van der Waals surface area (Å²) in [7, 11) is 0. The summed E-state index contributed by atoms with van der Waals surface area (Å²) in [5, 5.41) is 15.4. The van der Waals surface area contributed by atoms with Gasteiger partial charge in [0.05, 0.1) is 11.0 Å². The van der Waals surface area contributed by atoms with Gasteiger partial charge in [0.25, 0.3) is 0 Å². The topological polar surface area (TPSA) is 9.37 Å². The first kappa shape index (κ1) is 34.1. The number of rotatable bonds is 5. The Hall–Kier alpha value is -7.78. The molecule has 2 heterocycles. The van der Waals surface area contributed by atoms with E-state index < -0.39 is 0 Å². The second kappa shape index (κ2) is 13.4. The summed E-state index contributed by atoms with van der Waals surface area (Å²) in [5.74, 6) is 0. The van der Waals surface area contributed by atoms with Gasteiger partial charge >= 0.3 is 0 Å². The maximum atomic E-state index is 2.49. The molecule has 0 bridgehead atoms. The van der Waals surface area contributed by atoms with Gasteiger partial charge in [0.15, 0.2) is 0 Å². The highest BCUT2D eigenvalue weighted by atomic mass is 15.2. The van der Waals surface area contributed by atoms with Crippen LogP contribution in [0.1, 0.15) is 17.2 Å². The van der Waals surface area contributed by atoms with Crippen LogP contribution in [0.15, 0.2) is 224 Å². The third-order valence-electron chi connectivity index (χ3n) is 13.3. The fraction of sp³-hybridized carbons (Fsp3) is 0.0169. The lowest BCUT2D eigenvalue weighted by atomic mass is 9.87. The third kappa shape index (κ3) is 5.07. The van der Waals surface area contributed by atoms with Gasteiger partial charge in [0, 0.05) is 56.6 Å². The number of quaternary nitrogens is 1. The highest BCUT2D eigenvalue weighted by Crippen LogP contribution is 2.47. The molecule has 0 saturated carbocycles. The molecule has 2 heteroatoms. The summed E-state index contributed by atoms with van der Waals surface area (Å²) in [6.45, 7) is 0. The molecular formula is C59H39N2+. The zero-order chi connectivity index (χ0) is 40.0. The summed E-state index contributed by atoms with van der Waals surface area (Å²) < 4.78 is 2.47.